The van der Waals surface area contributed by atoms with Crippen LogP contribution in [0.25, 0.3) is 0 Å². The van der Waals surface area contributed by atoms with Gasteiger partial charge in [0.1, 0.15) is 17.5 Å². The SMILES string of the molecule is CC[C@@H](C(=O)NCC(C)C)N(Cc1cccc(OC)c1)C(=O)CCCN(c1ccc(OC)c(Cl)c1)S(C)(=O)=O. The van der Waals surface area contributed by atoms with Crippen molar-refractivity contribution in [1.29, 1.82) is 0 Å². The number of hydrogen-bond donors (Lipinski definition) is 1. The van der Waals surface area contributed by atoms with E-state index in [1.54, 1.807) is 24.1 Å². The Bertz CT molecular complexity index is 1220. The monoisotopic (exact) mass is 581 g/mol. The highest BCUT2D eigenvalue weighted by Gasteiger charge is 2.29. The summed E-state index contributed by atoms with van der Waals surface area (Å²) in [5.74, 6) is 0.888. The number of ether oxygens (including phenoxy) is 2. The lowest BCUT2D eigenvalue weighted by Gasteiger charge is -2.31. The first kappa shape index (κ1) is 32.2. The number of anilines is 1. The standard InChI is InChI=1S/C28H40ClN3O6S/c1-7-25(28(34)30-18-20(2)3)31(19-21-10-8-11-23(16-21)37-4)27(33)12-9-15-32(39(6,35)36)22-13-14-26(38-5)24(29)17-22/h8,10-11,13-14,16-17,20,25H,7,9,12,15,18-19H2,1-6H3,(H,30,34)/t25-/m0/s1. The van der Waals surface area contributed by atoms with Crippen LogP contribution in [0, 0.1) is 5.92 Å². The molecule has 1 atom stereocenters. The first-order valence-electron chi connectivity index (χ1n) is 12.9. The summed E-state index contributed by atoms with van der Waals surface area (Å²) in [6, 6.07) is 11.4. The molecule has 2 aromatic carbocycles. The maximum absolute atomic E-state index is 13.6. The topological polar surface area (TPSA) is 105 Å². The number of rotatable bonds is 15. The van der Waals surface area contributed by atoms with Crippen LogP contribution in [0.5, 0.6) is 11.5 Å². The molecule has 0 unspecified atom stereocenters. The van der Waals surface area contributed by atoms with Crippen LogP contribution in [0.1, 0.15) is 45.6 Å². The summed E-state index contributed by atoms with van der Waals surface area (Å²) in [6.45, 7) is 6.66. The Morgan fingerprint density at radius 1 is 1.08 bits per heavy atom. The third-order valence-corrected chi connectivity index (χ3v) is 7.62. The number of methoxy groups -OCH3 is 2. The molecule has 0 aliphatic rings. The van der Waals surface area contributed by atoms with E-state index in [2.05, 4.69) is 5.32 Å². The van der Waals surface area contributed by atoms with Crippen LogP contribution in [0.4, 0.5) is 5.69 Å². The van der Waals surface area contributed by atoms with Gasteiger partial charge in [-0.25, -0.2) is 8.42 Å². The Morgan fingerprint density at radius 3 is 2.36 bits per heavy atom. The highest BCUT2D eigenvalue weighted by molar-refractivity contribution is 7.92. The van der Waals surface area contributed by atoms with Crippen LogP contribution in [-0.2, 0) is 26.2 Å². The lowest BCUT2D eigenvalue weighted by Crippen LogP contribution is -2.49. The van der Waals surface area contributed by atoms with Gasteiger partial charge in [-0.3, -0.25) is 13.9 Å². The molecule has 2 aromatic rings. The second-order valence-corrected chi connectivity index (χ2v) is 12.0. The van der Waals surface area contributed by atoms with Crippen LogP contribution in [-0.4, -0.2) is 64.7 Å². The Hall–Kier alpha value is -2.98. The molecule has 11 heteroatoms. The second kappa shape index (κ2) is 15.0. The summed E-state index contributed by atoms with van der Waals surface area (Å²) in [4.78, 5) is 28.2. The van der Waals surface area contributed by atoms with E-state index >= 15 is 0 Å². The molecule has 0 aromatic heterocycles. The van der Waals surface area contributed by atoms with Crippen molar-refractivity contribution in [2.45, 2.75) is 52.6 Å². The molecule has 0 heterocycles. The van der Waals surface area contributed by atoms with Gasteiger partial charge in [0, 0.05) is 26.1 Å². The van der Waals surface area contributed by atoms with E-state index in [4.69, 9.17) is 21.1 Å². The number of nitrogens with zero attached hydrogens (tertiary/aromatic N) is 2. The Labute approximate surface area is 237 Å². The normalized spacial score (nSPS) is 12.1. The fourth-order valence-electron chi connectivity index (χ4n) is 4.12. The number of carbonyl (C=O) groups excluding carboxylic acids is 2. The molecule has 0 aliphatic heterocycles. The molecule has 9 nitrogen and oxygen atoms in total. The lowest BCUT2D eigenvalue weighted by atomic mass is 10.1. The van der Waals surface area contributed by atoms with Crippen molar-refractivity contribution in [2.24, 2.45) is 5.92 Å². The smallest absolute Gasteiger partial charge is 0.242 e. The van der Waals surface area contributed by atoms with Crippen LogP contribution < -0.4 is 19.1 Å². The van der Waals surface area contributed by atoms with Crippen molar-refractivity contribution in [3.8, 4) is 11.5 Å². The van der Waals surface area contributed by atoms with Gasteiger partial charge in [-0.2, -0.15) is 0 Å². The predicted octanol–water partition coefficient (Wildman–Crippen LogP) is 4.48. The predicted molar refractivity (Wildman–Crippen MR) is 155 cm³/mol. The molecule has 0 saturated heterocycles. The van der Waals surface area contributed by atoms with E-state index in [0.717, 1.165) is 11.8 Å². The zero-order valence-electron chi connectivity index (χ0n) is 23.6. The minimum atomic E-state index is -3.65. The van der Waals surface area contributed by atoms with Crippen molar-refractivity contribution in [2.75, 3.05) is 37.9 Å². The molecule has 2 amide bonds. The quantitative estimate of drug-likeness (QED) is 0.332. The number of amides is 2. The summed E-state index contributed by atoms with van der Waals surface area (Å²) in [7, 11) is -0.602. The van der Waals surface area contributed by atoms with E-state index in [9.17, 15) is 18.0 Å². The van der Waals surface area contributed by atoms with E-state index in [-0.39, 0.29) is 48.7 Å². The molecule has 0 bridgehead atoms. The van der Waals surface area contributed by atoms with Crippen molar-refractivity contribution in [3.63, 3.8) is 0 Å². The molecule has 0 saturated carbocycles. The minimum absolute atomic E-state index is 0.0494. The zero-order valence-corrected chi connectivity index (χ0v) is 25.1. The van der Waals surface area contributed by atoms with Gasteiger partial charge in [-0.15, -0.1) is 0 Å². The molecule has 0 fully saturated rings. The highest BCUT2D eigenvalue weighted by Crippen LogP contribution is 2.30. The lowest BCUT2D eigenvalue weighted by molar-refractivity contribution is -0.141. The average molecular weight is 582 g/mol. The van der Waals surface area contributed by atoms with Gasteiger partial charge in [-0.05, 0) is 54.7 Å². The average Bonchev–Trinajstić information content (AvgIpc) is 2.89. The highest BCUT2D eigenvalue weighted by atomic mass is 35.5. The largest absolute Gasteiger partial charge is 0.497 e. The van der Waals surface area contributed by atoms with E-state index in [1.165, 1.54) is 17.5 Å². The van der Waals surface area contributed by atoms with Crippen LogP contribution in [0.3, 0.4) is 0 Å². The van der Waals surface area contributed by atoms with Gasteiger partial charge in [0.05, 0.1) is 31.2 Å². The molecule has 2 rings (SSSR count). The number of nitrogens with one attached hydrogen (secondary N) is 1. The third kappa shape index (κ3) is 9.61. The van der Waals surface area contributed by atoms with Crippen molar-refractivity contribution < 1.29 is 27.5 Å². The second-order valence-electron chi connectivity index (χ2n) is 9.69. The molecule has 1 N–H and O–H groups in total. The molecular weight excluding hydrogens is 542 g/mol. The van der Waals surface area contributed by atoms with E-state index < -0.39 is 16.1 Å². The Kier molecular flexibility index (Phi) is 12.4. The van der Waals surface area contributed by atoms with Crippen molar-refractivity contribution in [3.05, 3.63) is 53.1 Å². The fraction of sp³-hybridized carbons (Fsp3) is 0.500. The third-order valence-electron chi connectivity index (χ3n) is 6.13. The fourth-order valence-corrected chi connectivity index (χ4v) is 5.33. The first-order valence-corrected chi connectivity index (χ1v) is 15.1. The Balaban J connectivity index is 2.25. The molecule has 39 heavy (non-hydrogen) atoms. The summed E-state index contributed by atoms with van der Waals surface area (Å²) in [5.41, 5.74) is 1.20. The minimum Gasteiger partial charge on any atom is -0.497 e. The van der Waals surface area contributed by atoms with E-state index in [0.29, 0.717) is 30.2 Å². The van der Waals surface area contributed by atoms with Crippen LogP contribution in [0.2, 0.25) is 5.02 Å². The van der Waals surface area contributed by atoms with Gasteiger partial charge >= 0.3 is 0 Å². The Morgan fingerprint density at radius 2 is 1.79 bits per heavy atom. The first-order chi connectivity index (χ1) is 18.4. The van der Waals surface area contributed by atoms with Gasteiger partial charge in [0.15, 0.2) is 0 Å². The van der Waals surface area contributed by atoms with Gasteiger partial charge < -0.3 is 19.7 Å². The van der Waals surface area contributed by atoms with Gasteiger partial charge in [0.2, 0.25) is 21.8 Å². The summed E-state index contributed by atoms with van der Waals surface area (Å²) >= 11 is 6.22. The number of benzene rings is 2. The maximum atomic E-state index is 13.6. The molecule has 0 spiro atoms. The van der Waals surface area contributed by atoms with Gasteiger partial charge in [-0.1, -0.05) is 44.5 Å². The van der Waals surface area contributed by atoms with Crippen molar-refractivity contribution >= 4 is 39.1 Å². The molecule has 0 aliphatic carbocycles. The summed E-state index contributed by atoms with van der Waals surface area (Å²) in [5, 5.41) is 3.22. The summed E-state index contributed by atoms with van der Waals surface area (Å²) in [6.07, 6.45) is 1.83. The molecular formula is C28H40ClN3O6S. The summed E-state index contributed by atoms with van der Waals surface area (Å²) < 4.78 is 36.8. The molecule has 216 valence electrons. The number of carbonyl (C=O) groups is 2. The van der Waals surface area contributed by atoms with E-state index in [1.807, 2.05) is 45.0 Å². The molecule has 0 radical (unpaired) electrons. The van der Waals surface area contributed by atoms with Crippen LogP contribution in [0.15, 0.2) is 42.5 Å². The maximum Gasteiger partial charge on any atom is 0.242 e. The number of hydrogen-bond acceptors (Lipinski definition) is 6. The van der Waals surface area contributed by atoms with Crippen molar-refractivity contribution in [1.82, 2.24) is 10.2 Å². The van der Waals surface area contributed by atoms with Gasteiger partial charge in [0.25, 0.3) is 0 Å². The zero-order chi connectivity index (χ0) is 29.2. The number of halogens is 1. The van der Waals surface area contributed by atoms with Crippen LogP contribution >= 0.6 is 11.6 Å². The number of sulfonamides is 1.